The summed E-state index contributed by atoms with van der Waals surface area (Å²) in [4.78, 5) is -0.105. The van der Waals surface area contributed by atoms with Crippen LogP contribution >= 0.6 is 0 Å². The molecule has 1 aliphatic rings. The van der Waals surface area contributed by atoms with E-state index in [-0.39, 0.29) is 16.6 Å². The summed E-state index contributed by atoms with van der Waals surface area (Å²) in [5.74, 6) is 0. The summed E-state index contributed by atoms with van der Waals surface area (Å²) >= 11 is 0. The van der Waals surface area contributed by atoms with Gasteiger partial charge in [0.05, 0.1) is 22.0 Å². The van der Waals surface area contributed by atoms with Gasteiger partial charge in [0.1, 0.15) is 19.0 Å². The second kappa shape index (κ2) is 9.35. The van der Waals surface area contributed by atoms with E-state index in [0.29, 0.717) is 0 Å². The van der Waals surface area contributed by atoms with E-state index in [2.05, 4.69) is 0 Å². The van der Waals surface area contributed by atoms with Gasteiger partial charge in [-0.1, -0.05) is 35.4 Å². The van der Waals surface area contributed by atoms with Crippen LogP contribution in [0.25, 0.3) is 0 Å². The largest absolute Gasteiger partial charge is 0.350 e. The Balaban J connectivity index is 1.93. The zero-order valence-electron chi connectivity index (χ0n) is 17.7. The van der Waals surface area contributed by atoms with E-state index in [0.717, 1.165) is 11.1 Å². The van der Waals surface area contributed by atoms with E-state index in [9.17, 15) is 16.8 Å². The van der Waals surface area contributed by atoms with Crippen LogP contribution in [0.5, 0.6) is 0 Å². The molecule has 2 aromatic rings. The molecule has 0 amide bonds. The highest BCUT2D eigenvalue weighted by Crippen LogP contribution is 2.28. The topological polar surface area (TPSA) is 105 Å². The second-order valence-corrected chi connectivity index (χ2v) is 10.7. The third-order valence-electron chi connectivity index (χ3n) is 5.01. The van der Waals surface area contributed by atoms with E-state index in [4.69, 9.17) is 17.8 Å². The first kappa shape index (κ1) is 23.8. The Hall–Kier alpha value is -1.82. The van der Waals surface area contributed by atoms with Gasteiger partial charge in [0.2, 0.25) is 0 Å². The molecular weight excluding hydrogens is 444 g/mol. The summed E-state index contributed by atoms with van der Waals surface area (Å²) in [6.07, 6.45) is -4.15. The molecule has 8 nitrogen and oxygen atoms in total. The van der Waals surface area contributed by atoms with Crippen LogP contribution < -0.4 is 0 Å². The van der Waals surface area contributed by atoms with Crippen molar-refractivity contribution in [2.75, 3.05) is 6.79 Å². The molecule has 3 rings (SSSR count). The normalized spacial score (nSPS) is 25.2. The SMILES string of the molecule is Cc1ccc(S(=O)(=O)O[C@@H]2[C@H](OS(=O)(=O)c3ccc(C)cc3)[C@H](C)OCO[C@@H]2C)cc1. The molecule has 1 fully saturated rings. The van der Waals surface area contributed by atoms with Crippen LogP contribution in [0.3, 0.4) is 0 Å². The molecule has 0 bridgehead atoms. The number of benzene rings is 2. The van der Waals surface area contributed by atoms with Gasteiger partial charge < -0.3 is 9.47 Å². The minimum atomic E-state index is -4.22. The van der Waals surface area contributed by atoms with E-state index in [1.807, 2.05) is 13.8 Å². The average Bonchev–Trinajstić information content (AvgIpc) is 2.82. The molecule has 0 unspecified atom stereocenters. The highest BCUT2D eigenvalue weighted by molar-refractivity contribution is 7.87. The van der Waals surface area contributed by atoms with Gasteiger partial charge in [-0.05, 0) is 52.0 Å². The van der Waals surface area contributed by atoms with Gasteiger partial charge in [-0.15, -0.1) is 0 Å². The predicted octanol–water partition coefficient (Wildman–Crippen LogP) is 2.93. The first-order chi connectivity index (χ1) is 14.5. The molecule has 0 spiro atoms. The smallest absolute Gasteiger partial charge is 0.297 e. The summed E-state index contributed by atoms with van der Waals surface area (Å²) in [7, 11) is -8.44. The van der Waals surface area contributed by atoms with Gasteiger partial charge in [-0.2, -0.15) is 16.8 Å². The minimum Gasteiger partial charge on any atom is -0.350 e. The maximum Gasteiger partial charge on any atom is 0.297 e. The van der Waals surface area contributed by atoms with Crippen LogP contribution in [0.1, 0.15) is 25.0 Å². The fourth-order valence-electron chi connectivity index (χ4n) is 3.06. The van der Waals surface area contributed by atoms with E-state index >= 15 is 0 Å². The fourth-order valence-corrected chi connectivity index (χ4v) is 5.34. The fraction of sp³-hybridized carbons (Fsp3) is 0.429. The summed E-state index contributed by atoms with van der Waals surface area (Å²) in [6.45, 7) is 6.66. The standard InChI is InChI=1S/C21H26O8S2/c1-14-5-9-18(10-6-14)30(22,23)28-20-16(3)26-13-27-17(4)21(20)29-31(24,25)19-11-7-15(2)8-12-19/h5-12,16-17,20-21H,13H2,1-4H3/t16-,17+,20+,21-. The third-order valence-corrected chi connectivity index (χ3v) is 7.66. The summed E-state index contributed by atoms with van der Waals surface area (Å²) in [5, 5.41) is 0. The quantitative estimate of drug-likeness (QED) is 0.594. The predicted molar refractivity (Wildman–Crippen MR) is 112 cm³/mol. The Labute approximate surface area is 183 Å². The molecule has 2 aromatic carbocycles. The van der Waals surface area contributed by atoms with Crippen LogP contribution in [0.15, 0.2) is 58.3 Å². The van der Waals surface area contributed by atoms with Crippen molar-refractivity contribution < 1.29 is 34.7 Å². The number of hydrogen-bond donors (Lipinski definition) is 0. The van der Waals surface area contributed by atoms with Crippen molar-refractivity contribution in [2.45, 2.75) is 61.9 Å². The number of hydrogen-bond acceptors (Lipinski definition) is 8. The first-order valence-electron chi connectivity index (χ1n) is 9.73. The summed E-state index contributed by atoms with van der Waals surface area (Å²) in [6, 6.07) is 12.3. The lowest BCUT2D eigenvalue weighted by molar-refractivity contribution is -0.0948. The second-order valence-electron chi connectivity index (χ2n) is 7.52. The summed E-state index contributed by atoms with van der Waals surface area (Å²) in [5.41, 5.74) is 1.77. The highest BCUT2D eigenvalue weighted by atomic mass is 32.2. The Kier molecular flexibility index (Phi) is 7.19. The molecule has 1 heterocycles. The van der Waals surface area contributed by atoms with Gasteiger partial charge in [0.15, 0.2) is 0 Å². The minimum absolute atomic E-state index is 0.0525. The molecular formula is C21H26O8S2. The lowest BCUT2D eigenvalue weighted by Crippen LogP contribution is -2.46. The molecule has 31 heavy (non-hydrogen) atoms. The molecule has 0 saturated carbocycles. The van der Waals surface area contributed by atoms with Gasteiger partial charge >= 0.3 is 0 Å². The van der Waals surface area contributed by atoms with Gasteiger partial charge in [-0.25, -0.2) is 0 Å². The lowest BCUT2D eigenvalue weighted by atomic mass is 10.1. The van der Waals surface area contributed by atoms with Crippen LogP contribution in [-0.4, -0.2) is 48.0 Å². The molecule has 4 atom stereocenters. The highest BCUT2D eigenvalue weighted by Gasteiger charge is 2.43. The number of ether oxygens (including phenoxy) is 2. The van der Waals surface area contributed by atoms with Gasteiger partial charge in [-0.3, -0.25) is 8.37 Å². The Bertz CT molecular complexity index is 1000. The van der Waals surface area contributed by atoms with Crippen LogP contribution in [0.4, 0.5) is 0 Å². The van der Waals surface area contributed by atoms with Crippen molar-refractivity contribution in [3.05, 3.63) is 59.7 Å². The van der Waals surface area contributed by atoms with Crippen LogP contribution in [0, 0.1) is 13.8 Å². The monoisotopic (exact) mass is 470 g/mol. The van der Waals surface area contributed by atoms with Crippen molar-refractivity contribution in [2.24, 2.45) is 0 Å². The average molecular weight is 471 g/mol. The van der Waals surface area contributed by atoms with Crippen LogP contribution in [0.2, 0.25) is 0 Å². The maximum atomic E-state index is 12.9. The molecule has 0 N–H and O–H groups in total. The molecule has 1 saturated heterocycles. The van der Waals surface area contributed by atoms with Crippen molar-refractivity contribution >= 4 is 20.2 Å². The van der Waals surface area contributed by atoms with Crippen molar-refractivity contribution in [3.63, 3.8) is 0 Å². The van der Waals surface area contributed by atoms with Crippen LogP contribution in [-0.2, 0) is 38.1 Å². The van der Waals surface area contributed by atoms with Gasteiger partial charge in [0, 0.05) is 0 Å². The number of aryl methyl sites for hydroxylation is 2. The van der Waals surface area contributed by atoms with Crippen molar-refractivity contribution in [1.29, 1.82) is 0 Å². The first-order valence-corrected chi connectivity index (χ1v) is 12.5. The molecule has 0 aromatic heterocycles. The van der Waals surface area contributed by atoms with E-state index < -0.39 is 44.7 Å². The molecule has 1 aliphatic heterocycles. The zero-order valence-corrected chi connectivity index (χ0v) is 19.4. The molecule has 10 heteroatoms. The maximum absolute atomic E-state index is 12.9. The van der Waals surface area contributed by atoms with Crippen molar-refractivity contribution in [1.82, 2.24) is 0 Å². The van der Waals surface area contributed by atoms with E-state index in [1.54, 1.807) is 38.1 Å². The zero-order chi connectivity index (χ0) is 22.8. The third kappa shape index (κ3) is 5.71. The Morgan fingerprint density at radius 3 is 1.32 bits per heavy atom. The Morgan fingerprint density at radius 2 is 1.00 bits per heavy atom. The summed E-state index contributed by atoms with van der Waals surface area (Å²) < 4.78 is 73.3. The van der Waals surface area contributed by atoms with Gasteiger partial charge in [0.25, 0.3) is 20.2 Å². The van der Waals surface area contributed by atoms with E-state index in [1.165, 1.54) is 24.3 Å². The lowest BCUT2D eigenvalue weighted by Gasteiger charge is -2.29. The number of rotatable bonds is 6. The molecule has 0 radical (unpaired) electrons. The molecule has 0 aliphatic carbocycles. The molecule has 170 valence electrons. The van der Waals surface area contributed by atoms with Crippen molar-refractivity contribution in [3.8, 4) is 0 Å². The Morgan fingerprint density at radius 1 is 0.677 bits per heavy atom.